The topological polar surface area (TPSA) is 50.3 Å². The minimum atomic E-state index is -3.49. The van der Waals surface area contributed by atoms with E-state index in [-0.39, 0.29) is 4.90 Å². The molecule has 0 fully saturated rings. The zero-order valence-corrected chi connectivity index (χ0v) is 12.8. The number of rotatable bonds is 4. The van der Waals surface area contributed by atoms with Gasteiger partial charge in [0.25, 0.3) is 0 Å². The van der Waals surface area contributed by atoms with Crippen LogP contribution in [0.5, 0.6) is 0 Å². The van der Waals surface area contributed by atoms with Gasteiger partial charge in [-0.05, 0) is 42.3 Å². The van der Waals surface area contributed by atoms with Gasteiger partial charge in [-0.15, -0.1) is 0 Å². The van der Waals surface area contributed by atoms with Gasteiger partial charge in [0.1, 0.15) is 4.90 Å². The summed E-state index contributed by atoms with van der Waals surface area (Å²) in [5.41, 5.74) is -0.416. The minimum Gasteiger partial charge on any atom is -0.262 e. The van der Waals surface area contributed by atoms with E-state index in [2.05, 4.69) is 20.9 Å². The minimum absolute atomic E-state index is 0.205. The van der Waals surface area contributed by atoms with Crippen LogP contribution in [0.1, 0.15) is 27.2 Å². The zero-order valence-electron chi connectivity index (χ0n) is 10.4. The predicted octanol–water partition coefficient (Wildman–Crippen LogP) is 2.65. The molecule has 0 aliphatic heterocycles. The van der Waals surface area contributed by atoms with Crippen LogP contribution in [0.3, 0.4) is 0 Å². The molecule has 1 aromatic heterocycles. The first-order valence-corrected chi connectivity index (χ1v) is 7.54. The van der Waals surface area contributed by atoms with Crippen LogP contribution in [0.25, 0.3) is 0 Å². The van der Waals surface area contributed by atoms with Crippen LogP contribution in [0.15, 0.2) is 27.8 Å². The summed E-state index contributed by atoms with van der Waals surface area (Å²) in [5.74, 6) is 0. The quantitative estimate of drug-likeness (QED) is 0.857. The molecule has 0 unspecified atom stereocenters. The zero-order chi connectivity index (χ0) is 13.3. The van der Waals surface area contributed by atoms with Gasteiger partial charge >= 0.3 is 0 Å². The molecule has 0 amide bonds. The highest BCUT2D eigenvalue weighted by atomic mass is 79.9. The molecule has 0 aromatic carbocycles. The van der Waals surface area contributed by atoms with Crippen LogP contribution in [-0.2, 0) is 10.0 Å². The van der Waals surface area contributed by atoms with E-state index in [4.69, 9.17) is 0 Å². The van der Waals surface area contributed by atoms with Gasteiger partial charge in [0.05, 0.1) is 0 Å². The number of nitrogens with zero attached hydrogens (tertiary/aromatic N) is 2. The molecular formula is C11H17BrN2O2S. The van der Waals surface area contributed by atoms with E-state index in [1.807, 2.05) is 20.8 Å². The fourth-order valence-corrected chi connectivity index (χ4v) is 3.32. The van der Waals surface area contributed by atoms with Crippen molar-refractivity contribution in [3.05, 3.63) is 22.9 Å². The summed E-state index contributed by atoms with van der Waals surface area (Å²) in [6.45, 7) is 5.76. The van der Waals surface area contributed by atoms with Gasteiger partial charge in [-0.2, -0.15) is 4.31 Å². The summed E-state index contributed by atoms with van der Waals surface area (Å²) in [4.78, 5) is 4.09. The lowest BCUT2D eigenvalue weighted by Crippen LogP contribution is -2.44. The third-order valence-corrected chi connectivity index (χ3v) is 5.52. The molecule has 1 rings (SSSR count). The van der Waals surface area contributed by atoms with Gasteiger partial charge in [0.2, 0.25) is 10.0 Å². The Morgan fingerprint density at radius 3 is 2.47 bits per heavy atom. The molecule has 0 bridgehead atoms. The highest BCUT2D eigenvalue weighted by molar-refractivity contribution is 9.10. The summed E-state index contributed by atoms with van der Waals surface area (Å²) in [6.07, 6.45) is 3.66. The molecule has 0 aliphatic carbocycles. The fraction of sp³-hybridized carbons (Fsp3) is 0.545. The van der Waals surface area contributed by atoms with E-state index >= 15 is 0 Å². The Balaban J connectivity index is 3.21. The summed E-state index contributed by atoms with van der Waals surface area (Å²) in [5, 5.41) is 0. The third kappa shape index (κ3) is 3.05. The van der Waals surface area contributed by atoms with E-state index < -0.39 is 15.6 Å². The monoisotopic (exact) mass is 320 g/mol. The van der Waals surface area contributed by atoms with Crippen molar-refractivity contribution < 1.29 is 8.42 Å². The Kier molecular flexibility index (Phi) is 4.33. The molecule has 17 heavy (non-hydrogen) atoms. The van der Waals surface area contributed by atoms with Crippen LogP contribution >= 0.6 is 15.9 Å². The summed E-state index contributed by atoms with van der Waals surface area (Å²) in [6, 6.07) is 1.56. The Morgan fingerprint density at radius 1 is 1.41 bits per heavy atom. The van der Waals surface area contributed by atoms with Gasteiger partial charge < -0.3 is 0 Å². The van der Waals surface area contributed by atoms with Crippen molar-refractivity contribution in [3.8, 4) is 0 Å². The summed E-state index contributed by atoms with van der Waals surface area (Å²) in [7, 11) is -1.89. The largest absolute Gasteiger partial charge is 0.262 e. The highest BCUT2D eigenvalue weighted by Gasteiger charge is 2.32. The molecular weight excluding hydrogens is 304 g/mol. The van der Waals surface area contributed by atoms with Crippen molar-refractivity contribution in [2.75, 3.05) is 7.05 Å². The molecule has 0 spiro atoms. The standard InChI is InChI=1S/C11H17BrN2O2S/c1-5-11(2,3)14(4)17(15,16)10-6-9(12)7-13-8-10/h6-8H,5H2,1-4H3. The second-order valence-corrected chi connectivity index (χ2v) is 7.36. The molecule has 0 radical (unpaired) electrons. The molecule has 1 aromatic rings. The van der Waals surface area contributed by atoms with Crippen molar-refractivity contribution in [1.29, 1.82) is 0 Å². The van der Waals surface area contributed by atoms with Crippen molar-refractivity contribution in [3.63, 3.8) is 0 Å². The molecule has 4 nitrogen and oxygen atoms in total. The highest BCUT2D eigenvalue weighted by Crippen LogP contribution is 2.25. The average molecular weight is 321 g/mol. The number of pyridine rings is 1. The van der Waals surface area contributed by atoms with Crippen molar-refractivity contribution >= 4 is 26.0 Å². The third-order valence-electron chi connectivity index (χ3n) is 3.06. The lowest BCUT2D eigenvalue weighted by Gasteiger charge is -2.33. The second kappa shape index (κ2) is 5.04. The Hall–Kier alpha value is -0.460. The maximum absolute atomic E-state index is 12.4. The number of sulfonamides is 1. The summed E-state index contributed by atoms with van der Waals surface area (Å²) >= 11 is 3.23. The van der Waals surface area contributed by atoms with E-state index in [0.29, 0.717) is 4.47 Å². The maximum Gasteiger partial charge on any atom is 0.244 e. The van der Waals surface area contributed by atoms with E-state index in [1.165, 1.54) is 10.5 Å². The molecule has 0 saturated heterocycles. The van der Waals surface area contributed by atoms with Crippen molar-refractivity contribution in [2.24, 2.45) is 0 Å². The van der Waals surface area contributed by atoms with Crippen LogP contribution in [0.4, 0.5) is 0 Å². The predicted molar refractivity (Wildman–Crippen MR) is 71.3 cm³/mol. The molecule has 0 aliphatic rings. The van der Waals surface area contributed by atoms with Crippen molar-refractivity contribution in [1.82, 2.24) is 9.29 Å². The Bertz CT molecular complexity index is 500. The SMILES string of the molecule is CCC(C)(C)N(C)S(=O)(=O)c1cncc(Br)c1. The lowest BCUT2D eigenvalue weighted by molar-refractivity contribution is 0.257. The smallest absolute Gasteiger partial charge is 0.244 e. The van der Waals surface area contributed by atoms with Crippen molar-refractivity contribution in [2.45, 2.75) is 37.6 Å². The maximum atomic E-state index is 12.4. The van der Waals surface area contributed by atoms with E-state index in [0.717, 1.165) is 6.42 Å². The molecule has 96 valence electrons. The number of aromatic nitrogens is 1. The molecule has 0 atom stereocenters. The van der Waals surface area contributed by atoms with Gasteiger partial charge in [-0.3, -0.25) is 4.98 Å². The van der Waals surface area contributed by atoms with Crippen LogP contribution in [0.2, 0.25) is 0 Å². The number of halogens is 1. The normalized spacial score (nSPS) is 13.1. The second-order valence-electron chi connectivity index (χ2n) is 4.48. The van der Waals surface area contributed by atoms with Crippen LogP contribution < -0.4 is 0 Å². The number of hydrogen-bond donors (Lipinski definition) is 0. The molecule has 0 saturated carbocycles. The Morgan fingerprint density at radius 2 is 2.00 bits per heavy atom. The molecule has 0 N–H and O–H groups in total. The number of hydrogen-bond acceptors (Lipinski definition) is 3. The fourth-order valence-electron chi connectivity index (χ4n) is 1.24. The summed E-state index contributed by atoms with van der Waals surface area (Å²) < 4.78 is 26.8. The first kappa shape index (κ1) is 14.6. The Labute approximate surface area is 111 Å². The van der Waals surface area contributed by atoms with Crippen LogP contribution in [0, 0.1) is 0 Å². The van der Waals surface area contributed by atoms with E-state index in [9.17, 15) is 8.42 Å². The first-order chi connectivity index (χ1) is 7.71. The molecule has 6 heteroatoms. The van der Waals surface area contributed by atoms with Gasteiger partial charge in [-0.25, -0.2) is 8.42 Å². The van der Waals surface area contributed by atoms with Gasteiger partial charge in [0.15, 0.2) is 0 Å². The van der Waals surface area contributed by atoms with Crippen LogP contribution in [-0.4, -0.2) is 30.3 Å². The molecule has 1 heterocycles. The first-order valence-electron chi connectivity index (χ1n) is 5.31. The van der Waals surface area contributed by atoms with Gasteiger partial charge in [-0.1, -0.05) is 6.92 Å². The van der Waals surface area contributed by atoms with Gasteiger partial charge in [0, 0.05) is 29.5 Å². The average Bonchev–Trinajstić information content (AvgIpc) is 2.28. The van der Waals surface area contributed by atoms with E-state index in [1.54, 1.807) is 19.3 Å². The lowest BCUT2D eigenvalue weighted by atomic mass is 10.0.